The molecule has 2 N–H and O–H groups in total. The first-order chi connectivity index (χ1) is 21.9. The third-order valence-electron chi connectivity index (χ3n) is 9.40. The molecule has 0 bridgehead atoms. The number of hydrogen-bond acceptors (Lipinski definition) is 2. The Morgan fingerprint density at radius 2 is 0.911 bits per heavy atom. The van der Waals surface area contributed by atoms with Gasteiger partial charge in [0, 0.05) is 13.2 Å². The fourth-order valence-electron chi connectivity index (χ4n) is 6.18. The number of aliphatic hydroxyl groups is 2. The van der Waals surface area contributed by atoms with Gasteiger partial charge in [0.2, 0.25) is 0 Å². The van der Waals surface area contributed by atoms with Gasteiger partial charge in [-0.3, -0.25) is 0 Å². The molecule has 0 saturated heterocycles. The van der Waals surface area contributed by atoms with E-state index in [1.165, 1.54) is 60.9 Å². The van der Waals surface area contributed by atoms with Gasteiger partial charge in [0.05, 0.1) is 3.39 Å². The number of rotatable bonds is 12. The number of halogens is 2. The minimum absolute atomic E-state index is 0.390. The molecule has 3 aliphatic rings. The highest BCUT2D eigenvalue weighted by atomic mass is 79.9. The first-order valence-electron chi connectivity index (χ1n) is 17.1. The lowest BCUT2D eigenvalue weighted by atomic mass is 10.2. The van der Waals surface area contributed by atoms with E-state index in [2.05, 4.69) is 150 Å². The van der Waals surface area contributed by atoms with E-state index in [1.807, 2.05) is 0 Å². The maximum Gasteiger partial charge on any atom is 0.0564 e. The molecule has 3 aromatic carbocycles. The Balaban J connectivity index is 0.000000179. The highest BCUT2D eigenvalue weighted by molar-refractivity contribution is 9.28. The third kappa shape index (κ3) is 14.6. The van der Waals surface area contributed by atoms with Crippen molar-refractivity contribution in [2.24, 2.45) is 35.5 Å². The van der Waals surface area contributed by atoms with Crippen molar-refractivity contribution < 1.29 is 10.2 Å². The van der Waals surface area contributed by atoms with Gasteiger partial charge in [0.1, 0.15) is 0 Å². The fraction of sp³-hybridized carbons (Fsp3) is 0.500. The average molecular weight is 759 g/mol. The molecule has 5 heteroatoms. The molecule has 3 saturated carbocycles. The van der Waals surface area contributed by atoms with Crippen molar-refractivity contribution in [3.63, 3.8) is 0 Å². The molecule has 0 aliphatic heterocycles. The molecule has 2 nitrogen and oxygen atoms in total. The van der Waals surface area contributed by atoms with E-state index < -0.39 is 7.92 Å². The topological polar surface area (TPSA) is 40.5 Å². The second-order valence-corrected chi connectivity index (χ2v) is 17.6. The quantitative estimate of drug-likeness (QED) is 0.181. The van der Waals surface area contributed by atoms with Crippen LogP contribution in [-0.4, -0.2) is 23.4 Å². The zero-order valence-corrected chi connectivity index (χ0v) is 31.6. The first kappa shape index (κ1) is 38.2. The Morgan fingerprint density at radius 3 is 1.18 bits per heavy atom. The summed E-state index contributed by atoms with van der Waals surface area (Å²) in [5.74, 6) is 5.69. The molecule has 3 aromatic rings. The second-order valence-electron chi connectivity index (χ2n) is 12.6. The maximum absolute atomic E-state index is 8.49. The van der Waals surface area contributed by atoms with Crippen LogP contribution in [0.2, 0.25) is 0 Å². The summed E-state index contributed by atoms with van der Waals surface area (Å²) in [4.78, 5) is 0. The summed E-state index contributed by atoms with van der Waals surface area (Å²) in [6.07, 6.45) is 13.7. The number of aliphatic hydroxyl groups excluding tert-OH is 2. The van der Waals surface area contributed by atoms with Crippen LogP contribution in [0.3, 0.4) is 0 Å². The standard InChI is InChI=1S/C18H15P.C8H12Br2.2C7H14O/c1-4-10-16(11-5-1)19(17-12-6-2-7-13-17)18-14-8-3-9-15-18;1-2-6-5-7(6)3-4-8(9)10;2*1-2-6-5-7(6)3-4-8/h1-15H;4,6-7H,2-3,5H2,1H3;2*6-8H,2-5H2,1H3/t;3*6-,7-/m.000/s1. The Hall–Kier alpha value is -1.29. The summed E-state index contributed by atoms with van der Waals surface area (Å²) in [6, 6.07) is 32.3. The van der Waals surface area contributed by atoms with Crippen molar-refractivity contribution in [1.29, 1.82) is 0 Å². The zero-order chi connectivity index (χ0) is 32.4. The van der Waals surface area contributed by atoms with Crippen molar-refractivity contribution in [2.45, 2.75) is 78.6 Å². The van der Waals surface area contributed by atoms with Gasteiger partial charge in [-0.05, 0) is 130 Å². The van der Waals surface area contributed by atoms with Crippen molar-refractivity contribution in [3.8, 4) is 0 Å². The Morgan fingerprint density at radius 1 is 0.578 bits per heavy atom. The van der Waals surface area contributed by atoms with Gasteiger partial charge in [0.15, 0.2) is 0 Å². The Kier molecular flexibility index (Phi) is 18.3. The lowest BCUT2D eigenvalue weighted by Crippen LogP contribution is -2.20. The van der Waals surface area contributed by atoms with Gasteiger partial charge in [-0.15, -0.1) is 0 Å². The molecule has 0 heterocycles. The van der Waals surface area contributed by atoms with E-state index in [0.717, 1.165) is 51.7 Å². The molecule has 0 spiro atoms. The normalized spacial score (nSPS) is 23.6. The molecule has 6 atom stereocenters. The number of allylic oxidation sites excluding steroid dienone is 1. The molecule has 3 aliphatic carbocycles. The van der Waals surface area contributed by atoms with Crippen LogP contribution in [0.4, 0.5) is 0 Å². The molecule has 0 aromatic heterocycles. The molecule has 6 rings (SSSR count). The minimum Gasteiger partial charge on any atom is -0.396 e. The van der Waals surface area contributed by atoms with Crippen LogP contribution in [0.15, 0.2) is 100 Å². The predicted molar refractivity (Wildman–Crippen MR) is 205 cm³/mol. The monoisotopic (exact) mass is 756 g/mol. The number of hydrogen-bond donors (Lipinski definition) is 2. The summed E-state index contributed by atoms with van der Waals surface area (Å²) in [5.41, 5.74) is 0. The largest absolute Gasteiger partial charge is 0.396 e. The Labute approximate surface area is 292 Å². The summed E-state index contributed by atoms with van der Waals surface area (Å²) < 4.78 is 1.10. The van der Waals surface area contributed by atoms with E-state index >= 15 is 0 Å². The van der Waals surface area contributed by atoms with Gasteiger partial charge < -0.3 is 10.2 Å². The van der Waals surface area contributed by atoms with E-state index in [9.17, 15) is 0 Å². The van der Waals surface area contributed by atoms with Crippen LogP contribution in [0.1, 0.15) is 78.6 Å². The van der Waals surface area contributed by atoms with Crippen LogP contribution < -0.4 is 15.9 Å². The van der Waals surface area contributed by atoms with E-state index in [-0.39, 0.29) is 0 Å². The SMILES string of the molecule is CC[C@H]1C[C@@H]1CC=C(Br)Br.CC[C@H]1C[C@@H]1CCO.CC[C@H]1C[C@@H]1CCO.c1ccc(P(c2ccccc2)c2ccccc2)cc1. The lowest BCUT2D eigenvalue weighted by Gasteiger charge is -2.18. The molecule has 45 heavy (non-hydrogen) atoms. The highest BCUT2D eigenvalue weighted by Crippen LogP contribution is 2.45. The molecule has 246 valence electrons. The first-order valence-corrected chi connectivity index (χ1v) is 20.1. The van der Waals surface area contributed by atoms with E-state index in [4.69, 9.17) is 10.2 Å². The Bertz CT molecular complexity index is 1090. The van der Waals surface area contributed by atoms with Crippen molar-refractivity contribution in [1.82, 2.24) is 0 Å². The lowest BCUT2D eigenvalue weighted by molar-refractivity contribution is 0.276. The van der Waals surface area contributed by atoms with Crippen molar-refractivity contribution in [3.05, 3.63) is 100 Å². The van der Waals surface area contributed by atoms with Gasteiger partial charge in [-0.2, -0.15) is 0 Å². The molecular weight excluding hydrogens is 703 g/mol. The van der Waals surface area contributed by atoms with Crippen LogP contribution in [0.5, 0.6) is 0 Å². The summed E-state index contributed by atoms with van der Waals surface area (Å²) in [6.45, 7) is 7.50. The van der Waals surface area contributed by atoms with Gasteiger partial charge in [0.25, 0.3) is 0 Å². The van der Waals surface area contributed by atoms with E-state index in [0.29, 0.717) is 13.2 Å². The summed E-state index contributed by atoms with van der Waals surface area (Å²) in [5, 5.41) is 21.2. The molecule has 0 amide bonds. The third-order valence-corrected chi connectivity index (χ3v) is 12.5. The second kappa shape index (κ2) is 21.6. The molecule has 3 fully saturated rings. The van der Waals surface area contributed by atoms with Gasteiger partial charge in [-0.25, -0.2) is 0 Å². The predicted octanol–water partition coefficient (Wildman–Crippen LogP) is 10.3. The number of benzene rings is 3. The highest BCUT2D eigenvalue weighted by Gasteiger charge is 2.35. The zero-order valence-electron chi connectivity index (χ0n) is 27.6. The smallest absolute Gasteiger partial charge is 0.0564 e. The molecular formula is C40H55Br2O2P. The summed E-state index contributed by atoms with van der Waals surface area (Å²) in [7, 11) is -0.446. The van der Waals surface area contributed by atoms with Crippen LogP contribution in [0, 0.1) is 35.5 Å². The van der Waals surface area contributed by atoms with Crippen molar-refractivity contribution in [2.75, 3.05) is 13.2 Å². The van der Waals surface area contributed by atoms with Crippen LogP contribution >= 0.6 is 39.8 Å². The van der Waals surface area contributed by atoms with Crippen molar-refractivity contribution >= 4 is 55.7 Å². The van der Waals surface area contributed by atoms with E-state index in [1.54, 1.807) is 0 Å². The maximum atomic E-state index is 8.49. The van der Waals surface area contributed by atoms with Gasteiger partial charge in [-0.1, -0.05) is 137 Å². The average Bonchev–Trinajstić information content (AvgIpc) is 3.99. The van der Waals surface area contributed by atoms with Crippen LogP contribution in [0.25, 0.3) is 0 Å². The molecule has 0 radical (unpaired) electrons. The fourth-order valence-corrected chi connectivity index (χ4v) is 8.86. The van der Waals surface area contributed by atoms with Gasteiger partial charge >= 0.3 is 0 Å². The van der Waals surface area contributed by atoms with Crippen LogP contribution in [-0.2, 0) is 0 Å². The molecule has 0 unspecified atom stereocenters. The summed E-state index contributed by atoms with van der Waals surface area (Å²) >= 11 is 6.70. The minimum atomic E-state index is -0.446.